The van der Waals surface area contributed by atoms with Crippen LogP contribution in [0.15, 0.2) is 28.3 Å². The van der Waals surface area contributed by atoms with E-state index in [9.17, 15) is 4.79 Å². The van der Waals surface area contributed by atoms with Gasteiger partial charge in [-0.05, 0) is 31.4 Å². The average Bonchev–Trinajstić information content (AvgIpc) is 2.40. The van der Waals surface area contributed by atoms with Crippen LogP contribution in [0.25, 0.3) is 0 Å². The molecule has 0 saturated heterocycles. The molecule has 0 spiro atoms. The molecule has 4 heteroatoms. The molecule has 0 amide bonds. The van der Waals surface area contributed by atoms with Crippen molar-refractivity contribution in [3.8, 4) is 0 Å². The minimum Gasteiger partial charge on any atom is -0.391 e. The van der Waals surface area contributed by atoms with Crippen LogP contribution in [0, 0.1) is 0 Å². The minimum atomic E-state index is 0.321. The van der Waals surface area contributed by atoms with Crippen LogP contribution in [0.4, 0.5) is 5.69 Å². The van der Waals surface area contributed by atoms with Gasteiger partial charge in [0, 0.05) is 5.56 Å². The van der Waals surface area contributed by atoms with Crippen LogP contribution in [-0.4, -0.2) is 11.8 Å². The third kappa shape index (κ3) is 3.82. The van der Waals surface area contributed by atoms with Crippen LogP contribution >= 0.6 is 0 Å². The summed E-state index contributed by atoms with van der Waals surface area (Å²) in [4.78, 5) is 19.4. The topological polar surface area (TPSA) is 51.0 Å². The molecule has 0 N–H and O–H groups in total. The lowest BCUT2D eigenvalue weighted by Gasteiger charge is -2.09. The van der Waals surface area contributed by atoms with Gasteiger partial charge in [0.2, 0.25) is 6.08 Å². The normalized spacial score (nSPS) is 10.9. The van der Waals surface area contributed by atoms with Gasteiger partial charge in [-0.25, -0.2) is 4.79 Å². The molecule has 0 aliphatic carbocycles. The zero-order valence-corrected chi connectivity index (χ0v) is 11.1. The molecule has 0 aliphatic heterocycles. The summed E-state index contributed by atoms with van der Waals surface area (Å²) in [6, 6.07) is 5.65. The molecule has 4 nitrogen and oxygen atoms in total. The highest BCUT2D eigenvalue weighted by molar-refractivity contribution is 5.80. The van der Waals surface area contributed by atoms with Crippen molar-refractivity contribution in [1.82, 2.24) is 0 Å². The van der Waals surface area contributed by atoms with E-state index < -0.39 is 0 Å². The molecule has 1 aromatic rings. The van der Waals surface area contributed by atoms with Gasteiger partial charge in [0.15, 0.2) is 0 Å². The predicted octanol–water partition coefficient (Wildman–Crippen LogP) is 3.52. The highest BCUT2D eigenvalue weighted by Gasteiger charge is 2.07. The quantitative estimate of drug-likeness (QED) is 0.438. The Morgan fingerprint density at radius 3 is 2.78 bits per heavy atom. The summed E-state index contributed by atoms with van der Waals surface area (Å²) in [7, 11) is 0. The molecular weight excluding hydrogens is 228 g/mol. The van der Waals surface area contributed by atoms with E-state index in [2.05, 4.69) is 10.1 Å². The fourth-order valence-corrected chi connectivity index (χ4v) is 1.54. The molecule has 1 aromatic carbocycles. The standard InChI is InChI=1S/C14H18N2O2/c1-4-11(3)16-18-9-13-12(5-2)7-6-8-14(13)15-10-17/h6-8H,4-5,9H2,1-3H3. The number of benzene rings is 1. The maximum atomic E-state index is 10.4. The summed E-state index contributed by atoms with van der Waals surface area (Å²) >= 11 is 0. The first kappa shape index (κ1) is 14.1. The van der Waals surface area contributed by atoms with E-state index in [0.29, 0.717) is 12.3 Å². The summed E-state index contributed by atoms with van der Waals surface area (Å²) < 4.78 is 0. The maximum Gasteiger partial charge on any atom is 0.240 e. The van der Waals surface area contributed by atoms with Gasteiger partial charge < -0.3 is 4.84 Å². The molecule has 0 heterocycles. The zero-order valence-electron chi connectivity index (χ0n) is 11.1. The van der Waals surface area contributed by atoms with Gasteiger partial charge >= 0.3 is 0 Å². The molecule has 0 bridgehead atoms. The van der Waals surface area contributed by atoms with Gasteiger partial charge in [-0.2, -0.15) is 4.99 Å². The van der Waals surface area contributed by atoms with Crippen molar-refractivity contribution in [3.63, 3.8) is 0 Å². The highest BCUT2D eigenvalue weighted by atomic mass is 16.6. The van der Waals surface area contributed by atoms with Crippen LogP contribution in [0.2, 0.25) is 0 Å². The van der Waals surface area contributed by atoms with E-state index in [1.54, 1.807) is 12.1 Å². The van der Waals surface area contributed by atoms with E-state index in [1.165, 1.54) is 0 Å². The van der Waals surface area contributed by atoms with Crippen molar-refractivity contribution in [1.29, 1.82) is 0 Å². The Labute approximate surface area is 107 Å². The van der Waals surface area contributed by atoms with Crippen LogP contribution in [-0.2, 0) is 22.7 Å². The summed E-state index contributed by atoms with van der Waals surface area (Å²) in [6.07, 6.45) is 3.28. The van der Waals surface area contributed by atoms with Crippen LogP contribution < -0.4 is 0 Å². The van der Waals surface area contributed by atoms with Gasteiger partial charge in [-0.15, -0.1) is 0 Å². The first-order chi connectivity index (χ1) is 8.72. The van der Waals surface area contributed by atoms with Gasteiger partial charge in [-0.3, -0.25) is 0 Å². The molecule has 1 rings (SSSR count). The number of hydrogen-bond donors (Lipinski definition) is 0. The van der Waals surface area contributed by atoms with Gasteiger partial charge in [0.05, 0.1) is 11.4 Å². The van der Waals surface area contributed by atoms with E-state index >= 15 is 0 Å². The van der Waals surface area contributed by atoms with E-state index in [4.69, 9.17) is 4.84 Å². The highest BCUT2D eigenvalue weighted by Crippen LogP contribution is 2.24. The molecule has 0 fully saturated rings. The Hall–Kier alpha value is -1.93. The Balaban J connectivity index is 2.94. The Morgan fingerprint density at radius 1 is 1.39 bits per heavy atom. The van der Waals surface area contributed by atoms with Crippen molar-refractivity contribution in [3.05, 3.63) is 29.3 Å². The first-order valence-corrected chi connectivity index (χ1v) is 6.07. The lowest BCUT2D eigenvalue weighted by Crippen LogP contribution is -1.97. The Kier molecular flexibility index (Phi) is 5.81. The summed E-state index contributed by atoms with van der Waals surface area (Å²) in [6.45, 7) is 6.30. The molecule has 0 atom stereocenters. The lowest BCUT2D eigenvalue weighted by atomic mass is 10.0. The molecule has 18 heavy (non-hydrogen) atoms. The zero-order chi connectivity index (χ0) is 13.4. The molecule has 96 valence electrons. The Morgan fingerprint density at radius 2 is 2.17 bits per heavy atom. The fraction of sp³-hybridized carbons (Fsp3) is 0.429. The van der Waals surface area contributed by atoms with Crippen molar-refractivity contribution < 1.29 is 9.63 Å². The number of rotatable bonds is 6. The van der Waals surface area contributed by atoms with Crippen LogP contribution in [0.3, 0.4) is 0 Å². The monoisotopic (exact) mass is 246 g/mol. The molecule has 0 saturated carbocycles. The first-order valence-electron chi connectivity index (χ1n) is 6.07. The van der Waals surface area contributed by atoms with Crippen molar-refractivity contribution in [2.45, 2.75) is 40.2 Å². The molecule has 0 radical (unpaired) electrons. The minimum absolute atomic E-state index is 0.321. The number of isocyanates is 1. The summed E-state index contributed by atoms with van der Waals surface area (Å²) in [5.41, 5.74) is 3.55. The molecule has 0 aliphatic rings. The SMILES string of the molecule is CCC(C)=NOCc1c(CC)cccc1N=C=O. The smallest absolute Gasteiger partial charge is 0.240 e. The van der Waals surface area contributed by atoms with Crippen molar-refractivity contribution in [2.75, 3.05) is 0 Å². The Bertz CT molecular complexity index is 475. The molecular formula is C14H18N2O2. The third-order valence-electron chi connectivity index (χ3n) is 2.74. The maximum absolute atomic E-state index is 10.4. The summed E-state index contributed by atoms with van der Waals surface area (Å²) in [5, 5.41) is 3.99. The number of carbonyl (C=O) groups excluding carboxylic acids is 1. The second-order valence-corrected chi connectivity index (χ2v) is 3.93. The predicted molar refractivity (Wildman–Crippen MR) is 71.8 cm³/mol. The number of nitrogens with zero attached hydrogens (tertiary/aromatic N) is 2. The van der Waals surface area contributed by atoms with E-state index in [-0.39, 0.29) is 0 Å². The molecule has 0 aromatic heterocycles. The van der Waals surface area contributed by atoms with Crippen molar-refractivity contribution >= 4 is 17.5 Å². The third-order valence-corrected chi connectivity index (χ3v) is 2.74. The lowest BCUT2D eigenvalue weighted by molar-refractivity contribution is 0.129. The fourth-order valence-electron chi connectivity index (χ4n) is 1.54. The molecule has 0 unspecified atom stereocenters. The number of hydrogen-bond acceptors (Lipinski definition) is 4. The second kappa shape index (κ2) is 7.41. The summed E-state index contributed by atoms with van der Waals surface area (Å²) in [5.74, 6) is 0. The van der Waals surface area contributed by atoms with E-state index in [0.717, 1.165) is 29.7 Å². The van der Waals surface area contributed by atoms with Crippen LogP contribution in [0.5, 0.6) is 0 Å². The average molecular weight is 246 g/mol. The largest absolute Gasteiger partial charge is 0.391 e. The number of aryl methyl sites for hydroxylation is 1. The second-order valence-electron chi connectivity index (χ2n) is 3.93. The number of oxime groups is 1. The van der Waals surface area contributed by atoms with Crippen LogP contribution in [0.1, 0.15) is 38.3 Å². The van der Waals surface area contributed by atoms with Gasteiger partial charge in [0.1, 0.15) is 6.61 Å². The van der Waals surface area contributed by atoms with E-state index in [1.807, 2.05) is 32.9 Å². The van der Waals surface area contributed by atoms with Gasteiger partial charge in [-0.1, -0.05) is 31.1 Å². The van der Waals surface area contributed by atoms with Gasteiger partial charge in [0.25, 0.3) is 0 Å². The number of aliphatic imine (C=N–C) groups is 1. The van der Waals surface area contributed by atoms with Crippen molar-refractivity contribution in [2.24, 2.45) is 10.1 Å².